The Morgan fingerprint density at radius 1 is 1.19 bits per heavy atom. The van der Waals surface area contributed by atoms with Gasteiger partial charge < -0.3 is 15.1 Å². The lowest BCUT2D eigenvalue weighted by atomic mass is 9.95. The number of piperidine rings is 2. The molecule has 27 heavy (non-hydrogen) atoms. The highest BCUT2D eigenvalue weighted by molar-refractivity contribution is 5.90. The van der Waals surface area contributed by atoms with Gasteiger partial charge in [-0.05, 0) is 55.9 Å². The second kappa shape index (κ2) is 8.03. The van der Waals surface area contributed by atoms with Crippen LogP contribution in [0.4, 0.5) is 16.2 Å². The molecular formula is C21H29N5O. The summed E-state index contributed by atoms with van der Waals surface area (Å²) in [6, 6.07) is 10.3. The van der Waals surface area contributed by atoms with Crippen LogP contribution in [0.15, 0.2) is 36.5 Å². The van der Waals surface area contributed by atoms with E-state index in [2.05, 4.69) is 39.5 Å². The monoisotopic (exact) mass is 367 g/mol. The Hall–Kier alpha value is -2.50. The van der Waals surface area contributed by atoms with Crippen LogP contribution in [0, 0.1) is 5.92 Å². The van der Waals surface area contributed by atoms with Crippen LogP contribution in [0.1, 0.15) is 44.2 Å². The van der Waals surface area contributed by atoms with E-state index in [0.717, 1.165) is 56.3 Å². The number of hydrogen-bond acceptors (Lipinski definition) is 3. The quantitative estimate of drug-likeness (QED) is 0.860. The van der Waals surface area contributed by atoms with Crippen molar-refractivity contribution in [2.24, 2.45) is 5.92 Å². The van der Waals surface area contributed by atoms with E-state index in [1.807, 2.05) is 23.1 Å². The normalized spacial score (nSPS) is 21.3. The van der Waals surface area contributed by atoms with Gasteiger partial charge in [-0.3, -0.25) is 5.10 Å². The molecule has 0 saturated carbocycles. The molecular weight excluding hydrogens is 338 g/mol. The highest BCUT2D eigenvalue weighted by Gasteiger charge is 2.25. The number of aromatic amines is 1. The minimum absolute atomic E-state index is 0.0105. The fraction of sp³-hybridized carbons (Fsp3) is 0.524. The van der Waals surface area contributed by atoms with Crippen molar-refractivity contribution in [2.75, 3.05) is 36.4 Å². The van der Waals surface area contributed by atoms with Gasteiger partial charge in [-0.2, -0.15) is 5.10 Å². The molecule has 6 nitrogen and oxygen atoms in total. The molecule has 2 aliphatic rings. The molecule has 6 heteroatoms. The number of carbonyl (C=O) groups excluding carboxylic acids is 1. The molecule has 0 radical (unpaired) electrons. The van der Waals surface area contributed by atoms with Gasteiger partial charge in [0.05, 0.1) is 0 Å². The summed E-state index contributed by atoms with van der Waals surface area (Å²) in [5.74, 6) is 1.15. The third-order valence-electron chi connectivity index (χ3n) is 5.92. The third kappa shape index (κ3) is 4.26. The molecule has 0 bridgehead atoms. The maximum atomic E-state index is 12.8. The number of nitrogens with one attached hydrogen (secondary N) is 2. The number of rotatable bonds is 3. The number of amides is 2. The molecule has 1 aromatic heterocycles. The summed E-state index contributed by atoms with van der Waals surface area (Å²) in [4.78, 5) is 17.1. The van der Waals surface area contributed by atoms with E-state index in [-0.39, 0.29) is 6.03 Å². The number of anilines is 2. The van der Waals surface area contributed by atoms with Crippen molar-refractivity contribution in [3.8, 4) is 0 Å². The standard InChI is InChI=1S/C21H29N5O/c1-16-8-12-25(13-9-16)19-6-2-5-18(14-19)23-21(27)26-11-3-4-17(15-26)20-7-10-22-24-20/h2,5-7,10,14,16-17H,3-4,8-9,11-13,15H2,1H3,(H,22,24)(H,23,27)/t17-/m1/s1. The predicted octanol–water partition coefficient (Wildman–Crippen LogP) is 4.06. The number of H-pyrrole nitrogens is 1. The summed E-state index contributed by atoms with van der Waals surface area (Å²) in [5.41, 5.74) is 3.20. The molecule has 0 spiro atoms. The maximum absolute atomic E-state index is 12.8. The van der Waals surface area contributed by atoms with Crippen LogP contribution in [-0.2, 0) is 0 Å². The summed E-state index contributed by atoms with van der Waals surface area (Å²) < 4.78 is 0. The van der Waals surface area contributed by atoms with Crippen LogP contribution in [0.2, 0.25) is 0 Å². The highest BCUT2D eigenvalue weighted by atomic mass is 16.2. The van der Waals surface area contributed by atoms with Crippen LogP contribution in [-0.4, -0.2) is 47.3 Å². The molecule has 2 aromatic rings. The summed E-state index contributed by atoms with van der Waals surface area (Å²) in [6.07, 6.45) is 6.36. The van der Waals surface area contributed by atoms with E-state index in [1.54, 1.807) is 6.20 Å². The minimum Gasteiger partial charge on any atom is -0.371 e. The van der Waals surface area contributed by atoms with Crippen LogP contribution >= 0.6 is 0 Å². The topological polar surface area (TPSA) is 64.3 Å². The first-order chi connectivity index (χ1) is 13.2. The van der Waals surface area contributed by atoms with Gasteiger partial charge >= 0.3 is 6.03 Å². The summed E-state index contributed by atoms with van der Waals surface area (Å²) in [5, 5.41) is 10.2. The average molecular weight is 367 g/mol. The average Bonchev–Trinajstić information content (AvgIpc) is 3.24. The first-order valence-electron chi connectivity index (χ1n) is 10.1. The molecule has 1 aromatic carbocycles. The number of nitrogens with zero attached hydrogens (tertiary/aromatic N) is 3. The molecule has 4 rings (SSSR count). The van der Waals surface area contributed by atoms with E-state index >= 15 is 0 Å². The van der Waals surface area contributed by atoms with E-state index in [1.165, 1.54) is 18.5 Å². The van der Waals surface area contributed by atoms with Gasteiger partial charge in [-0.1, -0.05) is 13.0 Å². The van der Waals surface area contributed by atoms with E-state index in [9.17, 15) is 4.79 Å². The zero-order valence-corrected chi connectivity index (χ0v) is 16.0. The molecule has 1 atom stereocenters. The largest absolute Gasteiger partial charge is 0.371 e. The Morgan fingerprint density at radius 3 is 2.81 bits per heavy atom. The summed E-state index contributed by atoms with van der Waals surface area (Å²) >= 11 is 0. The second-order valence-corrected chi connectivity index (χ2v) is 7.95. The van der Waals surface area contributed by atoms with Gasteiger partial charge in [0, 0.05) is 55.4 Å². The van der Waals surface area contributed by atoms with Gasteiger partial charge in [-0.25, -0.2) is 4.79 Å². The Morgan fingerprint density at radius 2 is 2.04 bits per heavy atom. The molecule has 0 unspecified atom stereocenters. The zero-order chi connectivity index (χ0) is 18.6. The van der Waals surface area contributed by atoms with Crippen molar-refractivity contribution < 1.29 is 4.79 Å². The molecule has 3 heterocycles. The predicted molar refractivity (Wildman–Crippen MR) is 108 cm³/mol. The molecule has 2 N–H and O–H groups in total. The summed E-state index contributed by atoms with van der Waals surface area (Å²) in [6.45, 7) is 6.05. The Labute approximate surface area is 160 Å². The first-order valence-corrected chi connectivity index (χ1v) is 10.1. The van der Waals surface area contributed by atoms with Gasteiger partial charge in [-0.15, -0.1) is 0 Å². The number of likely N-dealkylation sites (tertiary alicyclic amines) is 1. The number of carbonyl (C=O) groups is 1. The highest BCUT2D eigenvalue weighted by Crippen LogP contribution is 2.27. The molecule has 2 amide bonds. The Balaban J connectivity index is 1.38. The lowest BCUT2D eigenvalue weighted by molar-refractivity contribution is 0.192. The third-order valence-corrected chi connectivity index (χ3v) is 5.92. The van der Waals surface area contributed by atoms with E-state index in [0.29, 0.717) is 5.92 Å². The van der Waals surface area contributed by atoms with Crippen LogP contribution in [0.25, 0.3) is 0 Å². The minimum atomic E-state index is -0.0105. The lowest BCUT2D eigenvalue weighted by Crippen LogP contribution is -2.41. The smallest absolute Gasteiger partial charge is 0.321 e. The molecule has 144 valence electrons. The number of benzene rings is 1. The van der Waals surface area contributed by atoms with Crippen molar-refractivity contribution in [3.05, 3.63) is 42.2 Å². The second-order valence-electron chi connectivity index (χ2n) is 7.95. The van der Waals surface area contributed by atoms with Crippen molar-refractivity contribution in [1.82, 2.24) is 15.1 Å². The van der Waals surface area contributed by atoms with Crippen molar-refractivity contribution >= 4 is 17.4 Å². The van der Waals surface area contributed by atoms with Gasteiger partial charge in [0.1, 0.15) is 0 Å². The summed E-state index contributed by atoms with van der Waals surface area (Å²) in [7, 11) is 0. The van der Waals surface area contributed by atoms with Gasteiger partial charge in [0.2, 0.25) is 0 Å². The molecule has 0 aliphatic carbocycles. The molecule has 2 fully saturated rings. The molecule has 2 saturated heterocycles. The first kappa shape index (κ1) is 17.9. The molecule has 2 aliphatic heterocycles. The van der Waals surface area contributed by atoms with Crippen molar-refractivity contribution in [1.29, 1.82) is 0 Å². The zero-order valence-electron chi connectivity index (χ0n) is 16.0. The van der Waals surface area contributed by atoms with Crippen LogP contribution in [0.3, 0.4) is 0 Å². The number of urea groups is 1. The fourth-order valence-electron chi connectivity index (χ4n) is 4.16. The van der Waals surface area contributed by atoms with E-state index in [4.69, 9.17) is 0 Å². The Bertz CT molecular complexity index is 752. The lowest BCUT2D eigenvalue weighted by Gasteiger charge is -2.33. The SMILES string of the molecule is CC1CCN(c2cccc(NC(=O)N3CCC[C@@H](c4ccn[nH]4)C3)c2)CC1. The van der Waals surface area contributed by atoms with Gasteiger partial charge in [0.25, 0.3) is 0 Å². The van der Waals surface area contributed by atoms with Gasteiger partial charge in [0.15, 0.2) is 0 Å². The number of hydrogen-bond donors (Lipinski definition) is 2. The van der Waals surface area contributed by atoms with E-state index < -0.39 is 0 Å². The van der Waals surface area contributed by atoms with Crippen molar-refractivity contribution in [3.63, 3.8) is 0 Å². The maximum Gasteiger partial charge on any atom is 0.321 e. The van der Waals surface area contributed by atoms with Crippen LogP contribution in [0.5, 0.6) is 0 Å². The van der Waals surface area contributed by atoms with Crippen LogP contribution < -0.4 is 10.2 Å². The number of aromatic nitrogens is 2. The fourth-order valence-corrected chi connectivity index (χ4v) is 4.16. The van der Waals surface area contributed by atoms with Crippen molar-refractivity contribution in [2.45, 2.75) is 38.5 Å². The Kier molecular flexibility index (Phi) is 5.32.